The van der Waals surface area contributed by atoms with Crippen LogP contribution in [0.4, 0.5) is 0 Å². The largest absolute Gasteiger partial charge is 0.366 e. The van der Waals surface area contributed by atoms with Gasteiger partial charge in [0.05, 0.1) is 5.57 Å². The third-order valence-corrected chi connectivity index (χ3v) is 1.95. The van der Waals surface area contributed by atoms with E-state index in [1.807, 2.05) is 6.92 Å². The van der Waals surface area contributed by atoms with Crippen LogP contribution in [0.1, 0.15) is 6.92 Å². The predicted molar refractivity (Wildman–Crippen MR) is 50.2 cm³/mol. The molecule has 0 aromatic heterocycles. The van der Waals surface area contributed by atoms with Crippen LogP contribution in [0, 0.1) is 0 Å². The number of nitrogens with two attached hydrogens (primary N) is 1. The van der Waals surface area contributed by atoms with Crippen LogP contribution in [0.15, 0.2) is 34.9 Å². The van der Waals surface area contributed by atoms with Crippen LogP contribution in [0.25, 0.3) is 0 Å². The quantitative estimate of drug-likeness (QED) is 0.568. The molecule has 0 saturated carbocycles. The number of amides is 1. The summed E-state index contributed by atoms with van der Waals surface area (Å²) in [5, 5.41) is 0. The van der Waals surface area contributed by atoms with Crippen LogP contribution in [-0.4, -0.2) is 5.91 Å². The molecule has 0 bridgehead atoms. The first kappa shape index (κ1) is 10.2. The van der Waals surface area contributed by atoms with Crippen molar-refractivity contribution < 1.29 is 4.79 Å². The van der Waals surface area contributed by atoms with Gasteiger partial charge in [0, 0.05) is 4.48 Å². The average molecular weight is 216 g/mol. The minimum Gasteiger partial charge on any atom is -0.366 e. The van der Waals surface area contributed by atoms with E-state index in [4.69, 9.17) is 5.73 Å². The third-order valence-electron chi connectivity index (χ3n) is 1.06. The Morgan fingerprint density at radius 2 is 2.18 bits per heavy atom. The highest BCUT2D eigenvalue weighted by Crippen LogP contribution is 2.16. The number of hydrogen-bond acceptors (Lipinski definition) is 1. The maximum Gasteiger partial charge on any atom is 0.249 e. The molecular formula is C8H10BrNO. The molecule has 0 aliphatic carbocycles. The van der Waals surface area contributed by atoms with E-state index >= 15 is 0 Å². The number of carbonyl (C=O) groups is 1. The molecule has 0 saturated heterocycles. The molecule has 3 heteroatoms. The molecule has 0 aliphatic rings. The minimum atomic E-state index is -0.463. The lowest BCUT2D eigenvalue weighted by molar-refractivity contribution is -0.114. The van der Waals surface area contributed by atoms with Crippen molar-refractivity contribution in [3.05, 3.63) is 34.9 Å². The van der Waals surface area contributed by atoms with Gasteiger partial charge >= 0.3 is 0 Å². The number of rotatable bonds is 3. The van der Waals surface area contributed by atoms with E-state index in [2.05, 4.69) is 22.5 Å². The van der Waals surface area contributed by atoms with Gasteiger partial charge in [0.15, 0.2) is 0 Å². The number of carbonyl (C=O) groups excluding carboxylic acids is 1. The van der Waals surface area contributed by atoms with Gasteiger partial charge in [0.2, 0.25) is 5.91 Å². The smallest absolute Gasteiger partial charge is 0.249 e. The second kappa shape index (κ2) is 4.91. The topological polar surface area (TPSA) is 43.1 Å². The lowest BCUT2D eigenvalue weighted by atomic mass is 10.2. The van der Waals surface area contributed by atoms with Crippen molar-refractivity contribution in [2.45, 2.75) is 6.92 Å². The summed E-state index contributed by atoms with van der Waals surface area (Å²) in [6.07, 6.45) is 4.83. The molecule has 0 unspecified atom stereocenters. The number of halogens is 1. The van der Waals surface area contributed by atoms with Crippen molar-refractivity contribution in [2.75, 3.05) is 0 Å². The fraction of sp³-hybridized carbons (Fsp3) is 0.125. The molecule has 0 aromatic rings. The zero-order chi connectivity index (χ0) is 8.85. The van der Waals surface area contributed by atoms with E-state index in [1.165, 1.54) is 6.08 Å². The molecule has 11 heavy (non-hydrogen) atoms. The van der Waals surface area contributed by atoms with E-state index in [0.717, 1.165) is 0 Å². The highest BCUT2D eigenvalue weighted by atomic mass is 79.9. The molecule has 0 aliphatic heterocycles. The van der Waals surface area contributed by atoms with Gasteiger partial charge in [-0.2, -0.15) is 0 Å². The number of allylic oxidation sites excluding steroid dienone is 3. The van der Waals surface area contributed by atoms with Crippen molar-refractivity contribution in [3.8, 4) is 0 Å². The molecule has 2 nitrogen and oxygen atoms in total. The summed E-state index contributed by atoms with van der Waals surface area (Å²) in [7, 11) is 0. The summed E-state index contributed by atoms with van der Waals surface area (Å²) in [5.41, 5.74) is 5.51. The first-order valence-corrected chi connectivity index (χ1v) is 3.87. The van der Waals surface area contributed by atoms with Gasteiger partial charge in [-0.1, -0.05) is 34.7 Å². The van der Waals surface area contributed by atoms with Gasteiger partial charge in [-0.15, -0.1) is 0 Å². The second-order valence-electron chi connectivity index (χ2n) is 1.82. The van der Waals surface area contributed by atoms with Gasteiger partial charge in [-0.25, -0.2) is 0 Å². The van der Waals surface area contributed by atoms with Crippen molar-refractivity contribution in [3.63, 3.8) is 0 Å². The Balaban J connectivity index is 4.76. The van der Waals surface area contributed by atoms with Gasteiger partial charge < -0.3 is 5.73 Å². The van der Waals surface area contributed by atoms with Crippen molar-refractivity contribution in [1.29, 1.82) is 0 Å². The first-order chi connectivity index (χ1) is 5.13. The predicted octanol–water partition coefficient (Wildman–Crippen LogP) is 1.88. The summed E-state index contributed by atoms with van der Waals surface area (Å²) < 4.78 is 0.685. The lowest BCUT2D eigenvalue weighted by Gasteiger charge is -1.98. The summed E-state index contributed by atoms with van der Waals surface area (Å²) in [6, 6.07) is 0. The van der Waals surface area contributed by atoms with Crippen molar-refractivity contribution in [2.24, 2.45) is 5.73 Å². The Morgan fingerprint density at radius 1 is 1.64 bits per heavy atom. The van der Waals surface area contributed by atoms with Gasteiger partial charge in [0.25, 0.3) is 0 Å². The maximum atomic E-state index is 10.7. The Morgan fingerprint density at radius 3 is 2.45 bits per heavy atom. The highest BCUT2D eigenvalue weighted by Gasteiger charge is 2.05. The average Bonchev–Trinajstić information content (AvgIpc) is 1.98. The molecule has 0 heterocycles. The summed E-state index contributed by atoms with van der Waals surface area (Å²) in [5.74, 6) is -0.463. The molecule has 0 rings (SSSR count). The Kier molecular flexibility index (Phi) is 4.54. The summed E-state index contributed by atoms with van der Waals surface area (Å²) in [6.45, 7) is 5.28. The van der Waals surface area contributed by atoms with Crippen LogP contribution < -0.4 is 5.73 Å². The van der Waals surface area contributed by atoms with E-state index in [0.29, 0.717) is 10.1 Å². The van der Waals surface area contributed by atoms with Crippen LogP contribution >= 0.6 is 15.9 Å². The summed E-state index contributed by atoms with van der Waals surface area (Å²) >= 11 is 3.19. The zero-order valence-electron chi connectivity index (χ0n) is 6.30. The Bertz CT molecular complexity index is 228. The van der Waals surface area contributed by atoms with Gasteiger partial charge in [0.1, 0.15) is 0 Å². The second-order valence-corrected chi connectivity index (χ2v) is 2.67. The SMILES string of the molecule is C=C/C=C(C(N)=O)\C(Br)=C/C. The number of hydrogen-bond donors (Lipinski definition) is 1. The summed E-state index contributed by atoms with van der Waals surface area (Å²) in [4.78, 5) is 10.7. The van der Waals surface area contributed by atoms with Crippen molar-refractivity contribution >= 4 is 21.8 Å². The molecule has 0 aromatic carbocycles. The molecular weight excluding hydrogens is 206 g/mol. The van der Waals surface area contributed by atoms with E-state index < -0.39 is 5.91 Å². The first-order valence-electron chi connectivity index (χ1n) is 3.08. The highest BCUT2D eigenvalue weighted by molar-refractivity contribution is 9.12. The van der Waals surface area contributed by atoms with E-state index in [9.17, 15) is 4.79 Å². The van der Waals surface area contributed by atoms with E-state index in [1.54, 1.807) is 12.2 Å². The Hall–Kier alpha value is -0.830. The minimum absolute atomic E-state index is 0.433. The van der Waals surface area contributed by atoms with Gasteiger partial charge in [-0.3, -0.25) is 4.79 Å². The molecule has 60 valence electrons. The molecule has 0 spiro atoms. The van der Waals surface area contributed by atoms with Crippen LogP contribution in [-0.2, 0) is 4.79 Å². The fourth-order valence-corrected chi connectivity index (χ4v) is 0.880. The number of primary amides is 1. The fourth-order valence-electron chi connectivity index (χ4n) is 0.553. The zero-order valence-corrected chi connectivity index (χ0v) is 7.89. The van der Waals surface area contributed by atoms with Crippen molar-refractivity contribution in [1.82, 2.24) is 0 Å². The third kappa shape index (κ3) is 3.18. The maximum absolute atomic E-state index is 10.7. The van der Waals surface area contributed by atoms with Gasteiger partial charge in [-0.05, 0) is 13.0 Å². The Labute approximate surface area is 74.6 Å². The van der Waals surface area contributed by atoms with Crippen LogP contribution in [0.2, 0.25) is 0 Å². The molecule has 1 amide bonds. The van der Waals surface area contributed by atoms with Crippen LogP contribution in [0.3, 0.4) is 0 Å². The van der Waals surface area contributed by atoms with E-state index in [-0.39, 0.29) is 0 Å². The normalized spacial score (nSPS) is 12.9. The molecule has 0 fully saturated rings. The van der Waals surface area contributed by atoms with Crippen LogP contribution in [0.5, 0.6) is 0 Å². The molecule has 0 atom stereocenters. The monoisotopic (exact) mass is 215 g/mol. The lowest BCUT2D eigenvalue weighted by Crippen LogP contribution is -2.13. The molecule has 0 radical (unpaired) electrons. The molecule has 2 N–H and O–H groups in total. The standard InChI is InChI=1S/C8H10BrNO/c1-3-5-6(8(10)11)7(9)4-2/h3-5H,1H2,2H3,(H2,10,11)/b6-5+,7-4+.